The molecule has 35 heavy (non-hydrogen) atoms. The van der Waals surface area contributed by atoms with Crippen LogP contribution >= 0.6 is 11.6 Å². The average molecular weight is 493 g/mol. The quantitative estimate of drug-likeness (QED) is 0.475. The first-order valence-corrected chi connectivity index (χ1v) is 12.1. The summed E-state index contributed by atoms with van der Waals surface area (Å²) in [6, 6.07) is 22.4. The lowest BCUT2D eigenvalue weighted by Crippen LogP contribution is -2.45. The Morgan fingerprint density at radius 3 is 2.51 bits per heavy atom. The topological polar surface area (TPSA) is 67.9 Å². The number of nitrogens with one attached hydrogen (secondary N) is 1. The molecule has 1 N–H and O–H groups in total. The maximum atomic E-state index is 12.9. The minimum absolute atomic E-state index is 0.0537. The molecule has 3 aromatic carbocycles. The summed E-state index contributed by atoms with van der Waals surface area (Å²) in [6.07, 6.45) is 1.55. The third-order valence-corrected chi connectivity index (χ3v) is 6.35. The lowest BCUT2D eigenvalue weighted by Gasteiger charge is -2.32. The van der Waals surface area contributed by atoms with Gasteiger partial charge < -0.3 is 19.7 Å². The van der Waals surface area contributed by atoms with Crippen molar-refractivity contribution in [3.8, 4) is 11.5 Å². The first-order chi connectivity index (χ1) is 17.0. The van der Waals surface area contributed by atoms with Crippen LogP contribution < -0.4 is 14.8 Å². The molecule has 1 atom stereocenters. The van der Waals surface area contributed by atoms with Gasteiger partial charge in [0.05, 0.1) is 13.0 Å². The number of amides is 2. The molecule has 0 spiro atoms. The Balaban J connectivity index is 1.31. The van der Waals surface area contributed by atoms with Crippen molar-refractivity contribution >= 4 is 23.4 Å². The molecule has 4 rings (SSSR count). The number of likely N-dealkylation sites (tertiary alicyclic amines) is 1. The summed E-state index contributed by atoms with van der Waals surface area (Å²) in [4.78, 5) is 27.5. The van der Waals surface area contributed by atoms with Crippen molar-refractivity contribution in [3.05, 3.63) is 94.5 Å². The van der Waals surface area contributed by atoms with Crippen LogP contribution in [0.1, 0.15) is 34.3 Å². The van der Waals surface area contributed by atoms with Crippen molar-refractivity contribution in [2.45, 2.75) is 26.0 Å². The highest BCUT2D eigenvalue weighted by atomic mass is 35.5. The van der Waals surface area contributed by atoms with E-state index in [2.05, 4.69) is 5.32 Å². The third-order valence-electron chi connectivity index (χ3n) is 6.10. The number of ether oxygens (including phenoxy) is 2. The molecule has 0 unspecified atom stereocenters. The first-order valence-electron chi connectivity index (χ1n) is 11.7. The average Bonchev–Trinajstić information content (AvgIpc) is 2.91. The molecule has 1 aliphatic rings. The number of halogens is 1. The zero-order valence-corrected chi connectivity index (χ0v) is 20.5. The largest absolute Gasteiger partial charge is 0.493 e. The summed E-state index contributed by atoms with van der Waals surface area (Å²) in [5, 5.41) is 3.60. The molecule has 0 aliphatic carbocycles. The normalized spacial score (nSPS) is 15.4. The van der Waals surface area contributed by atoms with E-state index in [9.17, 15) is 9.59 Å². The zero-order valence-electron chi connectivity index (χ0n) is 19.7. The summed E-state index contributed by atoms with van der Waals surface area (Å²) >= 11 is 5.93. The van der Waals surface area contributed by atoms with Gasteiger partial charge in [0, 0.05) is 30.2 Å². The van der Waals surface area contributed by atoms with Crippen LogP contribution in [0.25, 0.3) is 0 Å². The number of hydrogen-bond acceptors (Lipinski definition) is 4. The monoisotopic (exact) mass is 492 g/mol. The second-order valence-corrected chi connectivity index (χ2v) is 9.01. The molecule has 0 saturated carbocycles. The van der Waals surface area contributed by atoms with Gasteiger partial charge in [0.15, 0.2) is 11.5 Å². The number of carbonyl (C=O) groups is 2. The Labute approximate surface area is 210 Å². The smallest absolute Gasteiger partial charge is 0.253 e. The van der Waals surface area contributed by atoms with E-state index in [0.29, 0.717) is 48.3 Å². The molecule has 0 aromatic heterocycles. The van der Waals surface area contributed by atoms with Crippen molar-refractivity contribution in [2.24, 2.45) is 5.92 Å². The van der Waals surface area contributed by atoms with Crippen molar-refractivity contribution < 1.29 is 19.1 Å². The number of rotatable bonds is 8. The van der Waals surface area contributed by atoms with Crippen molar-refractivity contribution in [1.82, 2.24) is 10.2 Å². The molecule has 1 saturated heterocycles. The predicted molar refractivity (Wildman–Crippen MR) is 136 cm³/mol. The maximum absolute atomic E-state index is 12.9. The standard InChI is InChI=1S/C28H29ClN2O4/c1-34-26-16-21(9-14-25(26)35-19-20-6-3-2-4-7-20)17-30-27(32)23-8-5-15-31(18-23)28(33)22-10-12-24(29)13-11-22/h2-4,6-7,9-14,16,23H,5,8,15,17-19H2,1H3,(H,30,32)/t23-/m1/s1. The number of piperidine rings is 1. The zero-order chi connectivity index (χ0) is 24.6. The fourth-order valence-corrected chi connectivity index (χ4v) is 4.29. The number of hydrogen-bond donors (Lipinski definition) is 1. The second-order valence-electron chi connectivity index (χ2n) is 8.57. The van der Waals surface area contributed by atoms with Crippen LogP contribution in [0, 0.1) is 5.92 Å². The fourth-order valence-electron chi connectivity index (χ4n) is 4.16. The van der Waals surface area contributed by atoms with Gasteiger partial charge in [0.1, 0.15) is 6.61 Å². The lowest BCUT2D eigenvalue weighted by molar-refractivity contribution is -0.126. The lowest BCUT2D eigenvalue weighted by atomic mass is 9.96. The van der Waals surface area contributed by atoms with E-state index in [-0.39, 0.29) is 17.7 Å². The molecule has 0 radical (unpaired) electrons. The van der Waals surface area contributed by atoms with Crippen LogP contribution in [0.5, 0.6) is 11.5 Å². The van der Waals surface area contributed by atoms with Gasteiger partial charge in [-0.05, 0) is 60.4 Å². The molecule has 1 aliphatic heterocycles. The van der Waals surface area contributed by atoms with Crippen LogP contribution in [-0.2, 0) is 17.9 Å². The van der Waals surface area contributed by atoms with E-state index in [1.165, 1.54) is 0 Å². The predicted octanol–water partition coefficient (Wildman–Crippen LogP) is 5.10. The van der Waals surface area contributed by atoms with Crippen molar-refractivity contribution in [3.63, 3.8) is 0 Å². The molecule has 6 nitrogen and oxygen atoms in total. The maximum Gasteiger partial charge on any atom is 0.253 e. The number of benzene rings is 3. The SMILES string of the molecule is COc1cc(CNC(=O)[C@@H]2CCCN(C(=O)c3ccc(Cl)cc3)C2)ccc1OCc1ccccc1. The minimum Gasteiger partial charge on any atom is -0.493 e. The molecular weight excluding hydrogens is 464 g/mol. The summed E-state index contributed by atoms with van der Waals surface area (Å²) < 4.78 is 11.4. The van der Waals surface area contributed by atoms with Crippen LogP contribution in [0.3, 0.4) is 0 Å². The molecule has 7 heteroatoms. The second kappa shape index (κ2) is 11.8. The molecule has 1 heterocycles. The molecule has 0 bridgehead atoms. The van der Waals surface area contributed by atoms with E-state index >= 15 is 0 Å². The van der Waals surface area contributed by atoms with Gasteiger partial charge >= 0.3 is 0 Å². The summed E-state index contributed by atoms with van der Waals surface area (Å²) in [5.41, 5.74) is 2.56. The van der Waals surface area contributed by atoms with Crippen LogP contribution in [0.15, 0.2) is 72.8 Å². The Morgan fingerprint density at radius 1 is 1.00 bits per heavy atom. The number of nitrogens with zero attached hydrogens (tertiary/aromatic N) is 1. The van der Waals surface area contributed by atoms with Gasteiger partial charge in [0.25, 0.3) is 5.91 Å². The van der Waals surface area contributed by atoms with E-state index < -0.39 is 0 Å². The van der Waals surface area contributed by atoms with E-state index in [0.717, 1.165) is 24.0 Å². The van der Waals surface area contributed by atoms with Crippen molar-refractivity contribution in [2.75, 3.05) is 20.2 Å². The van der Waals surface area contributed by atoms with Gasteiger partial charge in [-0.3, -0.25) is 9.59 Å². The van der Waals surface area contributed by atoms with Crippen LogP contribution in [0.2, 0.25) is 5.02 Å². The highest BCUT2D eigenvalue weighted by molar-refractivity contribution is 6.30. The van der Waals surface area contributed by atoms with Crippen LogP contribution in [-0.4, -0.2) is 36.9 Å². The Bertz CT molecular complexity index is 1150. The van der Waals surface area contributed by atoms with Gasteiger partial charge in [-0.1, -0.05) is 48.0 Å². The minimum atomic E-state index is -0.240. The van der Waals surface area contributed by atoms with Crippen LogP contribution in [0.4, 0.5) is 0 Å². The number of carbonyl (C=O) groups excluding carboxylic acids is 2. The van der Waals surface area contributed by atoms with Gasteiger partial charge in [-0.2, -0.15) is 0 Å². The summed E-state index contributed by atoms with van der Waals surface area (Å²) in [7, 11) is 1.60. The number of methoxy groups -OCH3 is 1. The van der Waals surface area contributed by atoms with E-state index in [1.807, 2.05) is 48.5 Å². The van der Waals surface area contributed by atoms with Crippen molar-refractivity contribution in [1.29, 1.82) is 0 Å². The van der Waals surface area contributed by atoms with Gasteiger partial charge in [-0.15, -0.1) is 0 Å². The third kappa shape index (κ3) is 6.55. The molecule has 2 amide bonds. The van der Waals surface area contributed by atoms with E-state index in [1.54, 1.807) is 36.3 Å². The highest BCUT2D eigenvalue weighted by Gasteiger charge is 2.28. The molecule has 1 fully saturated rings. The van der Waals surface area contributed by atoms with E-state index in [4.69, 9.17) is 21.1 Å². The summed E-state index contributed by atoms with van der Waals surface area (Å²) in [6.45, 7) is 1.87. The molecular formula is C28H29ClN2O4. The molecule has 182 valence electrons. The molecule has 3 aromatic rings. The fraction of sp³-hybridized carbons (Fsp3) is 0.286. The Kier molecular flexibility index (Phi) is 8.27. The Morgan fingerprint density at radius 2 is 1.77 bits per heavy atom. The highest BCUT2D eigenvalue weighted by Crippen LogP contribution is 2.29. The first kappa shape index (κ1) is 24.6. The van der Waals surface area contributed by atoms with Gasteiger partial charge in [0.2, 0.25) is 5.91 Å². The summed E-state index contributed by atoms with van der Waals surface area (Å²) in [5.74, 6) is 0.896. The Hall–Kier alpha value is -3.51. The van der Waals surface area contributed by atoms with Gasteiger partial charge in [-0.25, -0.2) is 0 Å².